The Bertz CT molecular complexity index is 1350. The van der Waals surface area contributed by atoms with Crippen LogP contribution in [0.2, 0.25) is 0 Å². The maximum atomic E-state index is 12.4. The third-order valence-corrected chi connectivity index (χ3v) is 4.61. The van der Waals surface area contributed by atoms with Crippen LogP contribution < -0.4 is 5.32 Å². The molecule has 0 saturated carbocycles. The quantitative estimate of drug-likeness (QED) is 0.434. The molecule has 1 amide bonds. The Morgan fingerprint density at radius 2 is 1.79 bits per heavy atom. The fourth-order valence-electron chi connectivity index (χ4n) is 3.06. The van der Waals surface area contributed by atoms with E-state index in [1.165, 1.54) is 0 Å². The Kier molecular flexibility index (Phi) is 7.43. The first-order chi connectivity index (χ1) is 15.9. The molecule has 33 heavy (non-hydrogen) atoms. The Balaban J connectivity index is 0.000000968. The molecule has 2 aromatic carbocycles. The summed E-state index contributed by atoms with van der Waals surface area (Å²) in [6, 6.07) is 17.2. The molecule has 8 nitrogen and oxygen atoms in total. The molecule has 1 atom stereocenters. The van der Waals surface area contributed by atoms with Gasteiger partial charge in [0.2, 0.25) is 5.76 Å². The Morgan fingerprint density at radius 3 is 2.52 bits per heavy atom. The predicted molar refractivity (Wildman–Crippen MR) is 118 cm³/mol. The molecule has 8 heteroatoms. The van der Waals surface area contributed by atoms with Gasteiger partial charge in [0.1, 0.15) is 28.8 Å². The molecule has 4 aromatic rings. The first-order valence-corrected chi connectivity index (χ1v) is 9.91. The van der Waals surface area contributed by atoms with Crippen molar-refractivity contribution in [2.45, 2.75) is 26.9 Å². The van der Waals surface area contributed by atoms with Gasteiger partial charge < -0.3 is 13.7 Å². The Morgan fingerprint density at radius 1 is 1.06 bits per heavy atom. The van der Waals surface area contributed by atoms with Crippen LogP contribution in [0.4, 0.5) is 10.5 Å². The molecule has 166 valence electrons. The highest BCUT2D eigenvalue weighted by Crippen LogP contribution is 2.23. The van der Waals surface area contributed by atoms with Gasteiger partial charge in [-0.15, -0.1) is 0 Å². The van der Waals surface area contributed by atoms with Crippen LogP contribution in [-0.4, -0.2) is 17.4 Å². The number of benzene rings is 2. The standard InChI is InChI=1S/C24H20N2O4.CO2/c1-15-13-20-11-9-18(14-22(20)28-15)10-12-21-23(16(2)26-30-21)25-24(27)29-17(3)19-7-5-4-6-8-19;2-1-3/h4-9,11,13-14,17H,1-3H3,(H,25,27);. The SMILES string of the molecule is Cc1cc2ccc(C#Cc3onc(C)c3NC(=O)OC(C)c3ccccc3)cc2o1.O=C=O. The van der Waals surface area contributed by atoms with Crippen LogP contribution in [0.25, 0.3) is 11.0 Å². The molecule has 0 fully saturated rings. The minimum atomic E-state index is -0.604. The number of aryl methyl sites for hydroxylation is 2. The number of carbonyl (C=O) groups excluding carboxylic acids is 3. The van der Waals surface area contributed by atoms with Gasteiger partial charge in [-0.25, -0.2) is 4.79 Å². The molecule has 0 aliphatic heterocycles. The van der Waals surface area contributed by atoms with E-state index in [1.807, 2.05) is 68.4 Å². The van der Waals surface area contributed by atoms with Crippen LogP contribution in [0.5, 0.6) is 0 Å². The summed E-state index contributed by atoms with van der Waals surface area (Å²) < 4.78 is 16.4. The summed E-state index contributed by atoms with van der Waals surface area (Å²) in [5.41, 5.74) is 3.34. The second-order valence-corrected chi connectivity index (χ2v) is 7.00. The number of ether oxygens (including phenoxy) is 1. The normalized spacial score (nSPS) is 10.8. The predicted octanol–water partition coefficient (Wildman–Crippen LogP) is 5.16. The smallest absolute Gasteiger partial charge is 0.412 e. The van der Waals surface area contributed by atoms with Gasteiger partial charge in [-0.05, 0) is 56.5 Å². The van der Waals surface area contributed by atoms with Gasteiger partial charge in [-0.1, -0.05) is 41.4 Å². The molecule has 0 bridgehead atoms. The average molecular weight is 444 g/mol. The van der Waals surface area contributed by atoms with E-state index in [0.29, 0.717) is 11.4 Å². The lowest BCUT2D eigenvalue weighted by molar-refractivity contribution is -0.191. The molecule has 0 aliphatic carbocycles. The first kappa shape index (κ1) is 23.1. The second-order valence-electron chi connectivity index (χ2n) is 7.00. The highest BCUT2D eigenvalue weighted by molar-refractivity contribution is 5.87. The topological polar surface area (TPSA) is 112 Å². The summed E-state index contributed by atoms with van der Waals surface area (Å²) in [7, 11) is 0. The number of nitrogens with one attached hydrogen (secondary N) is 1. The van der Waals surface area contributed by atoms with Crippen LogP contribution >= 0.6 is 0 Å². The van der Waals surface area contributed by atoms with Crippen LogP contribution in [0.1, 0.15) is 41.4 Å². The average Bonchev–Trinajstić information content (AvgIpc) is 3.34. The fraction of sp³-hybridized carbons (Fsp3) is 0.160. The van der Waals surface area contributed by atoms with Gasteiger partial charge >= 0.3 is 12.2 Å². The molecule has 1 N–H and O–H groups in total. The largest absolute Gasteiger partial charge is 0.461 e. The van der Waals surface area contributed by atoms with Crippen molar-refractivity contribution in [3.05, 3.63) is 82.9 Å². The van der Waals surface area contributed by atoms with E-state index in [2.05, 4.69) is 22.3 Å². The van der Waals surface area contributed by atoms with Crippen molar-refractivity contribution in [2.24, 2.45) is 0 Å². The molecule has 0 radical (unpaired) electrons. The number of fused-ring (bicyclic) bond motifs is 1. The molecular formula is C25H20N2O6. The van der Waals surface area contributed by atoms with Gasteiger partial charge in [-0.3, -0.25) is 5.32 Å². The lowest BCUT2D eigenvalue weighted by Gasteiger charge is -2.13. The van der Waals surface area contributed by atoms with Crippen molar-refractivity contribution in [3.63, 3.8) is 0 Å². The van der Waals surface area contributed by atoms with Crippen molar-refractivity contribution in [2.75, 3.05) is 5.32 Å². The number of hydrogen-bond acceptors (Lipinski definition) is 7. The molecule has 2 heterocycles. The van der Waals surface area contributed by atoms with Crippen LogP contribution in [0, 0.1) is 25.7 Å². The summed E-state index contributed by atoms with van der Waals surface area (Å²) in [4.78, 5) is 28.6. The molecule has 0 saturated heterocycles. The van der Waals surface area contributed by atoms with E-state index >= 15 is 0 Å². The lowest BCUT2D eigenvalue weighted by Crippen LogP contribution is -2.16. The number of amides is 1. The number of aromatic nitrogens is 1. The van der Waals surface area contributed by atoms with E-state index in [0.717, 1.165) is 27.9 Å². The van der Waals surface area contributed by atoms with Gasteiger partial charge in [0.15, 0.2) is 0 Å². The van der Waals surface area contributed by atoms with Crippen LogP contribution in [0.15, 0.2) is 63.5 Å². The van der Waals surface area contributed by atoms with Gasteiger partial charge in [0.05, 0.1) is 0 Å². The summed E-state index contributed by atoms with van der Waals surface area (Å²) in [5.74, 6) is 7.04. The monoisotopic (exact) mass is 444 g/mol. The zero-order valence-electron chi connectivity index (χ0n) is 18.2. The highest BCUT2D eigenvalue weighted by Gasteiger charge is 2.17. The molecule has 1 unspecified atom stereocenters. The van der Waals surface area contributed by atoms with Gasteiger partial charge in [-0.2, -0.15) is 9.59 Å². The van der Waals surface area contributed by atoms with Crippen molar-refractivity contribution in [1.82, 2.24) is 5.16 Å². The van der Waals surface area contributed by atoms with Gasteiger partial charge in [0.25, 0.3) is 0 Å². The number of nitrogens with zero attached hydrogens (tertiary/aromatic N) is 1. The number of furan rings is 1. The van der Waals surface area contributed by atoms with Crippen molar-refractivity contribution < 1.29 is 28.1 Å². The van der Waals surface area contributed by atoms with Crippen LogP contribution in [-0.2, 0) is 14.3 Å². The highest BCUT2D eigenvalue weighted by atomic mass is 16.6. The number of rotatable bonds is 3. The third-order valence-electron chi connectivity index (χ3n) is 4.61. The third kappa shape index (κ3) is 5.97. The zero-order valence-corrected chi connectivity index (χ0v) is 18.2. The van der Waals surface area contributed by atoms with E-state index < -0.39 is 12.2 Å². The number of hydrogen-bond donors (Lipinski definition) is 1. The summed E-state index contributed by atoms with van der Waals surface area (Å²) >= 11 is 0. The maximum Gasteiger partial charge on any atom is 0.412 e. The van der Waals surface area contributed by atoms with E-state index in [9.17, 15) is 4.79 Å². The fourth-order valence-corrected chi connectivity index (χ4v) is 3.06. The van der Waals surface area contributed by atoms with Crippen molar-refractivity contribution >= 4 is 28.9 Å². The van der Waals surface area contributed by atoms with Crippen molar-refractivity contribution in [3.8, 4) is 11.8 Å². The maximum absolute atomic E-state index is 12.4. The van der Waals surface area contributed by atoms with Crippen molar-refractivity contribution in [1.29, 1.82) is 0 Å². The van der Waals surface area contributed by atoms with Crippen LogP contribution in [0.3, 0.4) is 0 Å². The van der Waals surface area contributed by atoms with E-state index in [-0.39, 0.29) is 11.9 Å². The lowest BCUT2D eigenvalue weighted by atomic mass is 10.1. The Hall–Kier alpha value is -4.60. The summed E-state index contributed by atoms with van der Waals surface area (Å²) in [5, 5.41) is 7.62. The number of anilines is 1. The zero-order chi connectivity index (χ0) is 23.8. The summed E-state index contributed by atoms with van der Waals surface area (Å²) in [6.45, 7) is 5.43. The second kappa shape index (κ2) is 10.6. The first-order valence-electron chi connectivity index (χ1n) is 9.91. The molecule has 2 aromatic heterocycles. The van der Waals surface area contributed by atoms with E-state index in [4.69, 9.17) is 23.3 Å². The molecular weight excluding hydrogens is 424 g/mol. The molecule has 4 rings (SSSR count). The molecule has 0 spiro atoms. The minimum absolute atomic E-state index is 0.250. The van der Waals surface area contributed by atoms with E-state index in [1.54, 1.807) is 6.92 Å². The minimum Gasteiger partial charge on any atom is -0.461 e. The number of carbonyl (C=O) groups is 1. The van der Waals surface area contributed by atoms with Gasteiger partial charge in [0, 0.05) is 10.9 Å². The Labute approximate surface area is 189 Å². The summed E-state index contributed by atoms with van der Waals surface area (Å²) in [6.07, 6.45) is -0.752. The molecule has 0 aliphatic rings.